The summed E-state index contributed by atoms with van der Waals surface area (Å²) in [6.45, 7) is 2.12. The van der Waals surface area contributed by atoms with E-state index in [1.165, 1.54) is 11.1 Å². The van der Waals surface area contributed by atoms with Gasteiger partial charge in [-0.25, -0.2) is 0 Å². The van der Waals surface area contributed by atoms with E-state index in [0.29, 0.717) is 6.42 Å². The maximum absolute atomic E-state index is 10.8. The molecule has 0 aliphatic heterocycles. The first-order valence-corrected chi connectivity index (χ1v) is 6.08. The van der Waals surface area contributed by atoms with Gasteiger partial charge in [0.1, 0.15) is 6.04 Å². The molecular weight excluding hydrogens is 228 g/mol. The third-order valence-electron chi connectivity index (χ3n) is 3.31. The van der Waals surface area contributed by atoms with Crippen LogP contribution >= 0.6 is 0 Å². The van der Waals surface area contributed by atoms with Gasteiger partial charge in [-0.3, -0.25) is 4.79 Å². The normalized spacial score (nSPS) is 12.8. The van der Waals surface area contributed by atoms with Crippen LogP contribution in [0, 0.1) is 0 Å². The molecule has 1 aromatic heterocycles. The molecule has 0 amide bonds. The molecule has 1 heterocycles. The highest BCUT2D eigenvalue weighted by molar-refractivity contribution is 5.87. The molecule has 4 heteroatoms. The Morgan fingerprint density at radius 2 is 2.17 bits per heavy atom. The summed E-state index contributed by atoms with van der Waals surface area (Å²) in [4.78, 5) is 10.8. The average molecular weight is 246 g/mol. The van der Waals surface area contributed by atoms with E-state index in [-0.39, 0.29) is 0 Å². The summed E-state index contributed by atoms with van der Waals surface area (Å²) in [5.41, 5.74) is 9.05. The van der Waals surface area contributed by atoms with E-state index >= 15 is 0 Å². The van der Waals surface area contributed by atoms with Crippen molar-refractivity contribution in [3.8, 4) is 0 Å². The quantitative estimate of drug-likeness (QED) is 0.862. The first-order chi connectivity index (χ1) is 8.54. The Bertz CT molecular complexity index is 587. The van der Waals surface area contributed by atoms with Crippen molar-refractivity contribution in [1.82, 2.24) is 4.57 Å². The Hall–Kier alpha value is -1.81. The third-order valence-corrected chi connectivity index (χ3v) is 3.31. The highest BCUT2D eigenvalue weighted by Crippen LogP contribution is 2.25. The number of fused-ring (bicyclic) bond motifs is 1. The highest BCUT2D eigenvalue weighted by atomic mass is 16.4. The van der Waals surface area contributed by atoms with Crippen LogP contribution in [0.4, 0.5) is 0 Å². The first-order valence-electron chi connectivity index (χ1n) is 6.08. The van der Waals surface area contributed by atoms with Gasteiger partial charge in [-0.15, -0.1) is 0 Å². The van der Waals surface area contributed by atoms with Gasteiger partial charge in [0.2, 0.25) is 0 Å². The molecule has 0 spiro atoms. The van der Waals surface area contributed by atoms with E-state index in [1.807, 2.05) is 25.4 Å². The summed E-state index contributed by atoms with van der Waals surface area (Å²) in [5, 5.41) is 10.00. The molecule has 4 nitrogen and oxygen atoms in total. The minimum Gasteiger partial charge on any atom is -0.480 e. The third kappa shape index (κ3) is 2.11. The maximum atomic E-state index is 10.8. The zero-order valence-electron chi connectivity index (χ0n) is 10.7. The summed E-state index contributed by atoms with van der Waals surface area (Å²) in [7, 11) is 1.98. The van der Waals surface area contributed by atoms with Crippen LogP contribution in [0.3, 0.4) is 0 Å². The molecule has 3 N–H and O–H groups in total. The molecule has 18 heavy (non-hydrogen) atoms. The van der Waals surface area contributed by atoms with Crippen molar-refractivity contribution in [2.75, 3.05) is 0 Å². The van der Waals surface area contributed by atoms with Crippen molar-refractivity contribution < 1.29 is 9.90 Å². The number of hydrogen-bond donors (Lipinski definition) is 2. The molecule has 0 aliphatic carbocycles. The number of para-hydroxylation sites is 1. The number of aryl methyl sites for hydroxylation is 2. The van der Waals surface area contributed by atoms with Crippen molar-refractivity contribution in [3.05, 3.63) is 35.5 Å². The monoisotopic (exact) mass is 246 g/mol. The standard InChI is InChI=1S/C14H18N2O2/c1-3-9-5-4-6-11-10(7-12(15)14(17)18)8-16(2)13(9)11/h4-6,8,12H,3,7,15H2,1-2H3,(H,17,18). The van der Waals surface area contributed by atoms with E-state index in [4.69, 9.17) is 10.8 Å². The molecule has 0 radical (unpaired) electrons. The molecule has 96 valence electrons. The summed E-state index contributed by atoms with van der Waals surface area (Å²) in [5.74, 6) is -0.960. The van der Waals surface area contributed by atoms with E-state index in [0.717, 1.165) is 17.4 Å². The number of nitrogens with two attached hydrogens (primary N) is 1. The summed E-state index contributed by atoms with van der Waals surface area (Å²) in [6.07, 6.45) is 3.30. The second-order valence-electron chi connectivity index (χ2n) is 4.58. The lowest BCUT2D eigenvalue weighted by molar-refractivity contribution is -0.138. The Morgan fingerprint density at radius 1 is 1.44 bits per heavy atom. The van der Waals surface area contributed by atoms with Crippen LogP contribution in [0.1, 0.15) is 18.1 Å². The van der Waals surface area contributed by atoms with Crippen molar-refractivity contribution in [3.63, 3.8) is 0 Å². The van der Waals surface area contributed by atoms with E-state index in [9.17, 15) is 4.79 Å². The van der Waals surface area contributed by atoms with Gasteiger partial charge in [0.15, 0.2) is 0 Å². The van der Waals surface area contributed by atoms with Crippen molar-refractivity contribution >= 4 is 16.9 Å². The van der Waals surface area contributed by atoms with Crippen LogP contribution < -0.4 is 5.73 Å². The summed E-state index contributed by atoms with van der Waals surface area (Å²) >= 11 is 0. The Balaban J connectivity index is 2.50. The lowest BCUT2D eigenvalue weighted by Crippen LogP contribution is -2.32. The molecule has 2 aromatic rings. The second kappa shape index (κ2) is 4.82. The van der Waals surface area contributed by atoms with Crippen LogP contribution in [0.2, 0.25) is 0 Å². The van der Waals surface area contributed by atoms with E-state index < -0.39 is 12.0 Å². The Labute approximate surface area is 106 Å². The number of carboxylic acids is 1. The molecule has 0 saturated carbocycles. The van der Waals surface area contributed by atoms with Gasteiger partial charge >= 0.3 is 5.97 Å². The van der Waals surface area contributed by atoms with Gasteiger partial charge in [-0.05, 0) is 17.5 Å². The van der Waals surface area contributed by atoms with Gasteiger partial charge in [-0.1, -0.05) is 25.1 Å². The maximum Gasteiger partial charge on any atom is 0.320 e. The summed E-state index contributed by atoms with van der Waals surface area (Å²) < 4.78 is 2.05. The highest BCUT2D eigenvalue weighted by Gasteiger charge is 2.16. The lowest BCUT2D eigenvalue weighted by Gasteiger charge is -2.05. The predicted octanol–water partition coefficient (Wildman–Crippen LogP) is 1.70. The van der Waals surface area contributed by atoms with Crippen LogP contribution in [0.25, 0.3) is 10.9 Å². The molecular formula is C14H18N2O2. The second-order valence-corrected chi connectivity index (χ2v) is 4.58. The van der Waals surface area contributed by atoms with Crippen LogP contribution in [0.5, 0.6) is 0 Å². The number of hydrogen-bond acceptors (Lipinski definition) is 2. The Morgan fingerprint density at radius 3 is 2.78 bits per heavy atom. The minimum atomic E-state index is -0.960. The molecule has 0 saturated heterocycles. The number of benzene rings is 1. The fraction of sp³-hybridized carbons (Fsp3) is 0.357. The zero-order chi connectivity index (χ0) is 13.3. The van der Waals surface area contributed by atoms with E-state index in [1.54, 1.807) is 0 Å². The SMILES string of the molecule is CCc1cccc2c(CC(N)C(=O)O)cn(C)c12. The van der Waals surface area contributed by atoms with Crippen molar-refractivity contribution in [1.29, 1.82) is 0 Å². The van der Waals surface area contributed by atoms with Gasteiger partial charge in [0.05, 0.1) is 5.52 Å². The average Bonchev–Trinajstić information content (AvgIpc) is 2.66. The largest absolute Gasteiger partial charge is 0.480 e. The van der Waals surface area contributed by atoms with Crippen molar-refractivity contribution in [2.45, 2.75) is 25.8 Å². The zero-order valence-corrected chi connectivity index (χ0v) is 10.7. The van der Waals surface area contributed by atoms with Crippen LogP contribution in [-0.4, -0.2) is 21.7 Å². The molecule has 0 bridgehead atoms. The molecule has 0 fully saturated rings. The van der Waals surface area contributed by atoms with E-state index in [2.05, 4.69) is 17.6 Å². The topological polar surface area (TPSA) is 68.2 Å². The minimum absolute atomic E-state index is 0.361. The van der Waals surface area contributed by atoms with Gasteiger partial charge < -0.3 is 15.4 Å². The van der Waals surface area contributed by atoms with Crippen LogP contribution in [0.15, 0.2) is 24.4 Å². The Kier molecular flexibility index (Phi) is 3.39. The first kappa shape index (κ1) is 12.6. The molecule has 1 aromatic carbocycles. The molecule has 2 rings (SSSR count). The van der Waals surface area contributed by atoms with Crippen molar-refractivity contribution in [2.24, 2.45) is 12.8 Å². The fourth-order valence-electron chi connectivity index (χ4n) is 2.41. The molecule has 0 aliphatic rings. The number of carboxylic acid groups (broad SMARTS) is 1. The number of aromatic nitrogens is 1. The van der Waals surface area contributed by atoms with Crippen LogP contribution in [-0.2, 0) is 24.7 Å². The van der Waals surface area contributed by atoms with Gasteiger partial charge in [0, 0.05) is 25.1 Å². The summed E-state index contributed by atoms with van der Waals surface area (Å²) in [6, 6.07) is 5.29. The number of nitrogens with zero attached hydrogens (tertiary/aromatic N) is 1. The predicted molar refractivity (Wildman–Crippen MR) is 71.6 cm³/mol. The van der Waals surface area contributed by atoms with Gasteiger partial charge in [0.25, 0.3) is 0 Å². The fourth-order valence-corrected chi connectivity index (χ4v) is 2.41. The number of carbonyl (C=O) groups is 1. The number of aliphatic carboxylic acids is 1. The molecule has 1 unspecified atom stereocenters. The molecule has 1 atom stereocenters. The van der Waals surface area contributed by atoms with Gasteiger partial charge in [-0.2, -0.15) is 0 Å². The number of rotatable bonds is 4. The smallest absolute Gasteiger partial charge is 0.320 e. The lowest BCUT2D eigenvalue weighted by atomic mass is 10.0.